The summed E-state index contributed by atoms with van der Waals surface area (Å²) in [6.07, 6.45) is 0.753. The van der Waals surface area contributed by atoms with E-state index in [0.717, 1.165) is 12.0 Å². The Hall–Kier alpha value is -1.02. The van der Waals surface area contributed by atoms with Gasteiger partial charge in [-0.25, -0.2) is 0 Å². The maximum Gasteiger partial charge on any atom is 0.141 e. The highest BCUT2D eigenvalue weighted by Gasteiger charge is 2.33. The molecule has 0 aliphatic rings. The van der Waals surface area contributed by atoms with Crippen molar-refractivity contribution in [1.82, 2.24) is 5.32 Å². The Bertz CT molecular complexity index is 430. The summed E-state index contributed by atoms with van der Waals surface area (Å²) in [5, 5.41) is 22.5. The van der Waals surface area contributed by atoms with Crippen molar-refractivity contribution in [2.24, 2.45) is 0 Å². The first-order valence-electron chi connectivity index (χ1n) is 7.01. The quantitative estimate of drug-likeness (QED) is 0.773. The lowest BCUT2D eigenvalue weighted by Crippen LogP contribution is -2.47. The van der Waals surface area contributed by atoms with E-state index < -0.39 is 5.54 Å². The van der Waals surface area contributed by atoms with Crippen molar-refractivity contribution in [3.8, 4) is 6.07 Å². The van der Waals surface area contributed by atoms with Crippen LogP contribution in [0.2, 0.25) is 0 Å². The van der Waals surface area contributed by atoms with Crippen LogP contribution in [0.4, 0.5) is 0 Å². The molecular formula is C16H24N2OS. The van der Waals surface area contributed by atoms with Crippen LogP contribution in [0.3, 0.4) is 0 Å². The molecule has 110 valence electrons. The third-order valence-electron chi connectivity index (χ3n) is 3.11. The zero-order chi connectivity index (χ0) is 15.0. The van der Waals surface area contributed by atoms with Gasteiger partial charge in [-0.05, 0) is 25.8 Å². The van der Waals surface area contributed by atoms with Gasteiger partial charge in [0.15, 0.2) is 0 Å². The van der Waals surface area contributed by atoms with Crippen molar-refractivity contribution in [2.45, 2.75) is 44.0 Å². The first-order valence-corrected chi connectivity index (χ1v) is 8.06. The average Bonchev–Trinajstić information content (AvgIpc) is 2.44. The van der Waals surface area contributed by atoms with E-state index in [9.17, 15) is 5.26 Å². The molecule has 2 N–H and O–H groups in total. The van der Waals surface area contributed by atoms with Crippen LogP contribution in [0.1, 0.15) is 32.8 Å². The molecule has 0 spiro atoms. The van der Waals surface area contributed by atoms with Gasteiger partial charge in [0, 0.05) is 23.7 Å². The largest absolute Gasteiger partial charge is 0.396 e. The molecule has 0 amide bonds. The van der Waals surface area contributed by atoms with Gasteiger partial charge < -0.3 is 5.11 Å². The fraction of sp³-hybridized carbons (Fsp3) is 0.562. The second-order valence-electron chi connectivity index (χ2n) is 5.32. The van der Waals surface area contributed by atoms with Gasteiger partial charge in [0.05, 0.1) is 6.07 Å². The predicted molar refractivity (Wildman–Crippen MR) is 85.6 cm³/mol. The second-order valence-corrected chi connectivity index (χ2v) is 6.74. The molecule has 0 fully saturated rings. The van der Waals surface area contributed by atoms with Gasteiger partial charge in [-0.1, -0.05) is 37.3 Å². The lowest BCUT2D eigenvalue weighted by atomic mass is 9.92. The third-order valence-corrected chi connectivity index (χ3v) is 4.52. The van der Waals surface area contributed by atoms with Gasteiger partial charge in [-0.15, -0.1) is 0 Å². The molecule has 2 atom stereocenters. The van der Waals surface area contributed by atoms with E-state index in [1.165, 1.54) is 0 Å². The summed E-state index contributed by atoms with van der Waals surface area (Å²) in [6, 6.07) is 12.6. The van der Waals surface area contributed by atoms with E-state index in [4.69, 9.17) is 5.11 Å². The van der Waals surface area contributed by atoms with E-state index >= 15 is 0 Å². The minimum atomic E-state index is -0.677. The van der Waals surface area contributed by atoms with Crippen molar-refractivity contribution < 1.29 is 5.11 Å². The SMILES string of the molecule is CC(C)NC(C#N)(CSC(C)CCO)c1ccccc1. The molecule has 2 unspecified atom stereocenters. The Kier molecular flexibility index (Phi) is 7.08. The van der Waals surface area contributed by atoms with E-state index in [-0.39, 0.29) is 12.6 Å². The maximum atomic E-state index is 9.75. The highest BCUT2D eigenvalue weighted by atomic mass is 32.2. The van der Waals surface area contributed by atoms with Crippen LogP contribution in [-0.4, -0.2) is 28.8 Å². The highest BCUT2D eigenvalue weighted by molar-refractivity contribution is 7.99. The molecule has 1 aromatic rings. The Morgan fingerprint density at radius 3 is 2.45 bits per heavy atom. The summed E-state index contributed by atoms with van der Waals surface area (Å²) in [5.41, 5.74) is 0.323. The van der Waals surface area contributed by atoms with Gasteiger partial charge in [-0.2, -0.15) is 17.0 Å². The van der Waals surface area contributed by atoms with Gasteiger partial charge in [0.25, 0.3) is 0 Å². The van der Waals surface area contributed by atoms with Crippen LogP contribution in [0.25, 0.3) is 0 Å². The molecule has 0 radical (unpaired) electrons. The standard InChI is InChI=1S/C16H24N2OS/c1-13(2)18-16(11-17,12-20-14(3)9-10-19)15-7-5-4-6-8-15/h4-8,13-14,18-19H,9-10,12H2,1-3H3. The zero-order valence-electron chi connectivity index (χ0n) is 12.5. The second kappa shape index (κ2) is 8.31. The van der Waals surface area contributed by atoms with Crippen molar-refractivity contribution in [1.29, 1.82) is 5.26 Å². The van der Waals surface area contributed by atoms with Gasteiger partial charge in [0.1, 0.15) is 5.54 Å². The molecule has 0 aliphatic heterocycles. The molecule has 0 aliphatic carbocycles. The zero-order valence-corrected chi connectivity index (χ0v) is 13.3. The van der Waals surface area contributed by atoms with Crippen LogP contribution in [0.5, 0.6) is 0 Å². The number of benzene rings is 1. The molecular weight excluding hydrogens is 268 g/mol. The fourth-order valence-corrected chi connectivity index (χ4v) is 3.21. The summed E-state index contributed by atoms with van der Waals surface area (Å²) >= 11 is 1.72. The minimum absolute atomic E-state index is 0.191. The fourth-order valence-electron chi connectivity index (χ4n) is 2.09. The number of rotatable bonds is 8. The Morgan fingerprint density at radius 2 is 1.95 bits per heavy atom. The smallest absolute Gasteiger partial charge is 0.141 e. The normalized spacial score (nSPS) is 15.6. The molecule has 0 saturated carbocycles. The topological polar surface area (TPSA) is 56.0 Å². The first kappa shape index (κ1) is 17.0. The van der Waals surface area contributed by atoms with Crippen molar-refractivity contribution in [3.63, 3.8) is 0 Å². The summed E-state index contributed by atoms with van der Waals surface area (Å²) in [6.45, 7) is 6.38. The number of hydrogen-bond donors (Lipinski definition) is 2. The van der Waals surface area contributed by atoms with E-state index in [0.29, 0.717) is 11.0 Å². The molecule has 4 heteroatoms. The van der Waals surface area contributed by atoms with Gasteiger partial charge in [-0.3, -0.25) is 5.32 Å². The summed E-state index contributed by atoms with van der Waals surface area (Å²) < 4.78 is 0. The number of aliphatic hydroxyl groups excluding tert-OH is 1. The van der Waals surface area contributed by atoms with Crippen LogP contribution < -0.4 is 5.32 Å². The van der Waals surface area contributed by atoms with Crippen molar-refractivity contribution in [2.75, 3.05) is 12.4 Å². The predicted octanol–water partition coefficient (Wildman–Crippen LogP) is 2.91. The van der Waals surface area contributed by atoms with Crippen molar-refractivity contribution >= 4 is 11.8 Å². The Morgan fingerprint density at radius 1 is 1.30 bits per heavy atom. The average molecular weight is 292 g/mol. The number of aliphatic hydroxyl groups is 1. The molecule has 3 nitrogen and oxygen atoms in total. The summed E-state index contributed by atoms with van der Waals surface area (Å²) in [5.74, 6) is 0.673. The summed E-state index contributed by atoms with van der Waals surface area (Å²) in [7, 11) is 0. The van der Waals surface area contributed by atoms with Gasteiger partial charge in [0.2, 0.25) is 0 Å². The Balaban J connectivity index is 2.92. The number of nitrogens with zero attached hydrogens (tertiary/aromatic N) is 1. The molecule has 0 aromatic heterocycles. The number of nitrogens with one attached hydrogen (secondary N) is 1. The van der Waals surface area contributed by atoms with Crippen LogP contribution in [0.15, 0.2) is 30.3 Å². The number of nitriles is 1. The van der Waals surface area contributed by atoms with E-state index in [2.05, 4.69) is 32.2 Å². The Labute approximate surface area is 126 Å². The van der Waals surface area contributed by atoms with Crippen LogP contribution in [-0.2, 0) is 5.54 Å². The van der Waals surface area contributed by atoms with Gasteiger partial charge >= 0.3 is 0 Å². The van der Waals surface area contributed by atoms with E-state index in [1.54, 1.807) is 11.8 Å². The molecule has 0 heterocycles. The number of thioether (sulfide) groups is 1. The number of hydrogen-bond acceptors (Lipinski definition) is 4. The van der Waals surface area contributed by atoms with Crippen LogP contribution in [0, 0.1) is 11.3 Å². The summed E-state index contributed by atoms with van der Waals surface area (Å²) in [4.78, 5) is 0. The minimum Gasteiger partial charge on any atom is -0.396 e. The molecule has 0 saturated heterocycles. The lowest BCUT2D eigenvalue weighted by molar-refractivity contribution is 0.288. The third kappa shape index (κ3) is 4.82. The highest BCUT2D eigenvalue weighted by Crippen LogP contribution is 2.28. The molecule has 1 aromatic carbocycles. The van der Waals surface area contributed by atoms with Crippen molar-refractivity contribution in [3.05, 3.63) is 35.9 Å². The monoisotopic (exact) mass is 292 g/mol. The lowest BCUT2D eigenvalue weighted by Gasteiger charge is -2.31. The first-order chi connectivity index (χ1) is 9.54. The van der Waals surface area contributed by atoms with Crippen LogP contribution >= 0.6 is 11.8 Å². The molecule has 0 bridgehead atoms. The molecule has 20 heavy (non-hydrogen) atoms. The van der Waals surface area contributed by atoms with E-state index in [1.807, 2.05) is 30.3 Å². The maximum absolute atomic E-state index is 9.75. The molecule has 1 rings (SSSR count).